The number of thiophene rings is 1. The van der Waals surface area contributed by atoms with E-state index in [1.807, 2.05) is 16.3 Å². The fraction of sp³-hybridized carbons (Fsp3) is 0.500. The number of hydrogen-bond acceptors (Lipinski definition) is 7. The predicted octanol–water partition coefficient (Wildman–Crippen LogP) is 2.05. The molecule has 7 nitrogen and oxygen atoms in total. The van der Waals surface area contributed by atoms with Gasteiger partial charge in [0.1, 0.15) is 18.1 Å². The minimum Gasteiger partial charge on any atom is -0.485 e. The number of carbonyl (C=O) groups excluding carboxylic acids is 1. The van der Waals surface area contributed by atoms with Crippen molar-refractivity contribution in [1.29, 1.82) is 0 Å². The van der Waals surface area contributed by atoms with Gasteiger partial charge in [-0.1, -0.05) is 0 Å². The lowest BCUT2D eigenvalue weighted by molar-refractivity contribution is 0.0589. The molecule has 0 aromatic carbocycles. The van der Waals surface area contributed by atoms with Gasteiger partial charge in [-0.25, -0.2) is 9.97 Å². The van der Waals surface area contributed by atoms with E-state index in [1.165, 1.54) is 11.3 Å². The Hall–Kier alpha value is -2.35. The van der Waals surface area contributed by atoms with Crippen molar-refractivity contribution in [3.8, 4) is 11.5 Å². The molecule has 2 unspecified atom stereocenters. The first-order valence-corrected chi connectivity index (χ1v) is 9.87. The third kappa shape index (κ3) is 2.68. The van der Waals surface area contributed by atoms with Crippen LogP contribution in [0.1, 0.15) is 22.5 Å². The summed E-state index contributed by atoms with van der Waals surface area (Å²) < 4.78 is 11.3. The van der Waals surface area contributed by atoms with E-state index in [4.69, 9.17) is 9.47 Å². The topological polar surface area (TPSA) is 67.8 Å². The molecule has 4 aliphatic rings. The highest BCUT2D eigenvalue weighted by Crippen LogP contribution is 2.41. The van der Waals surface area contributed by atoms with Gasteiger partial charge in [0, 0.05) is 43.4 Å². The van der Waals surface area contributed by atoms with Crippen LogP contribution >= 0.6 is 11.3 Å². The number of anilines is 1. The van der Waals surface area contributed by atoms with E-state index in [-0.39, 0.29) is 11.9 Å². The number of rotatable bonds is 2. The number of carbonyl (C=O) groups is 1. The molecular weight excluding hydrogens is 352 g/mol. The number of nitrogens with zero attached hydrogens (tertiary/aromatic N) is 4. The van der Waals surface area contributed by atoms with Gasteiger partial charge in [-0.05, 0) is 24.8 Å². The molecule has 4 aliphatic heterocycles. The van der Waals surface area contributed by atoms with Crippen molar-refractivity contribution in [1.82, 2.24) is 14.9 Å². The van der Waals surface area contributed by atoms with Gasteiger partial charge in [-0.2, -0.15) is 0 Å². The maximum Gasteiger partial charge on any atom is 0.268 e. The first kappa shape index (κ1) is 15.9. The summed E-state index contributed by atoms with van der Waals surface area (Å²) in [5.74, 6) is 2.57. The normalized spacial score (nSPS) is 24.5. The molecule has 0 N–H and O–H groups in total. The lowest BCUT2D eigenvalue weighted by Crippen LogP contribution is -2.47. The summed E-state index contributed by atoms with van der Waals surface area (Å²) in [4.78, 5) is 27.0. The van der Waals surface area contributed by atoms with Crippen LogP contribution in [0.4, 0.5) is 5.95 Å². The van der Waals surface area contributed by atoms with E-state index in [0.29, 0.717) is 35.5 Å². The lowest BCUT2D eigenvalue weighted by atomic mass is 9.95. The Bertz CT molecular complexity index is 812. The quantitative estimate of drug-likeness (QED) is 0.804. The minimum absolute atomic E-state index is 0.0623. The van der Waals surface area contributed by atoms with Crippen molar-refractivity contribution < 1.29 is 14.3 Å². The Morgan fingerprint density at radius 2 is 1.96 bits per heavy atom. The Labute approximate surface area is 155 Å². The van der Waals surface area contributed by atoms with Gasteiger partial charge in [0.2, 0.25) is 5.95 Å². The highest BCUT2D eigenvalue weighted by Gasteiger charge is 2.39. The second-order valence-corrected chi connectivity index (χ2v) is 7.84. The standard InChI is InChI=1S/C18H20N4O3S/c23-17(16-15-14(11-26-16)24-6-7-25-15)22-9-12-2-3-13(22)10-21(8-12)18-19-4-1-5-20-18/h1,4-5,11-13H,2-3,6-10H2. The molecule has 0 spiro atoms. The van der Waals surface area contributed by atoms with Crippen molar-refractivity contribution in [3.05, 3.63) is 28.7 Å². The van der Waals surface area contributed by atoms with E-state index >= 15 is 0 Å². The molecule has 2 aromatic rings. The van der Waals surface area contributed by atoms with Gasteiger partial charge in [-0.15, -0.1) is 11.3 Å². The summed E-state index contributed by atoms with van der Waals surface area (Å²) in [6.07, 6.45) is 5.70. The van der Waals surface area contributed by atoms with Crippen LogP contribution in [-0.2, 0) is 0 Å². The fourth-order valence-electron chi connectivity index (χ4n) is 4.09. The molecule has 136 valence electrons. The second kappa shape index (κ2) is 6.42. The van der Waals surface area contributed by atoms with E-state index in [0.717, 1.165) is 38.4 Å². The molecule has 6 rings (SSSR count). The zero-order chi connectivity index (χ0) is 17.5. The second-order valence-electron chi connectivity index (χ2n) is 6.96. The van der Waals surface area contributed by atoms with Crippen molar-refractivity contribution in [3.63, 3.8) is 0 Å². The number of hydrogen-bond donors (Lipinski definition) is 0. The van der Waals surface area contributed by atoms with E-state index < -0.39 is 0 Å². The molecule has 0 aliphatic carbocycles. The number of fused-ring (bicyclic) bond motifs is 5. The zero-order valence-electron chi connectivity index (χ0n) is 14.3. The molecule has 0 saturated carbocycles. The SMILES string of the molecule is O=C(c1scc2c1OCCO2)N1CC2CCC1CN(c1ncccn1)C2. The van der Waals surface area contributed by atoms with Crippen LogP contribution in [0.2, 0.25) is 0 Å². The fourth-order valence-corrected chi connectivity index (χ4v) is 4.97. The maximum absolute atomic E-state index is 13.3. The molecule has 26 heavy (non-hydrogen) atoms. The van der Waals surface area contributed by atoms with Gasteiger partial charge in [-0.3, -0.25) is 4.79 Å². The summed E-state index contributed by atoms with van der Waals surface area (Å²) in [5.41, 5.74) is 0. The van der Waals surface area contributed by atoms with Crippen LogP contribution in [0, 0.1) is 5.92 Å². The summed E-state index contributed by atoms with van der Waals surface area (Å²) in [6, 6.07) is 2.00. The number of ether oxygens (including phenoxy) is 2. The third-order valence-corrected chi connectivity index (χ3v) is 6.23. The summed E-state index contributed by atoms with van der Waals surface area (Å²) >= 11 is 1.42. The van der Waals surface area contributed by atoms with Gasteiger partial charge >= 0.3 is 0 Å². The van der Waals surface area contributed by atoms with Crippen LogP contribution < -0.4 is 14.4 Å². The Morgan fingerprint density at radius 1 is 1.12 bits per heavy atom. The summed E-state index contributed by atoms with van der Waals surface area (Å²) in [6.45, 7) is 3.48. The Morgan fingerprint density at radius 3 is 2.85 bits per heavy atom. The van der Waals surface area contributed by atoms with Gasteiger partial charge < -0.3 is 19.3 Å². The van der Waals surface area contributed by atoms with Crippen LogP contribution in [0.25, 0.3) is 0 Å². The van der Waals surface area contributed by atoms with Crippen molar-refractivity contribution >= 4 is 23.2 Å². The van der Waals surface area contributed by atoms with Crippen molar-refractivity contribution in [2.45, 2.75) is 18.9 Å². The lowest BCUT2D eigenvalue weighted by Gasteiger charge is -2.36. The van der Waals surface area contributed by atoms with Crippen LogP contribution in [0.5, 0.6) is 11.5 Å². The molecule has 2 atom stereocenters. The first-order chi connectivity index (χ1) is 12.8. The smallest absolute Gasteiger partial charge is 0.268 e. The van der Waals surface area contributed by atoms with Crippen LogP contribution in [-0.4, -0.2) is 59.7 Å². The Balaban J connectivity index is 1.41. The average Bonchev–Trinajstić information content (AvgIpc) is 2.90. The number of aromatic nitrogens is 2. The monoisotopic (exact) mass is 372 g/mol. The highest BCUT2D eigenvalue weighted by molar-refractivity contribution is 7.12. The zero-order valence-corrected chi connectivity index (χ0v) is 15.2. The average molecular weight is 372 g/mol. The van der Waals surface area contributed by atoms with Gasteiger partial charge in [0.05, 0.1) is 0 Å². The Kier molecular flexibility index (Phi) is 3.92. The first-order valence-electron chi connectivity index (χ1n) is 8.99. The molecule has 3 fully saturated rings. The highest BCUT2D eigenvalue weighted by atomic mass is 32.1. The molecule has 2 bridgehead atoms. The summed E-state index contributed by atoms with van der Waals surface area (Å²) in [7, 11) is 0. The van der Waals surface area contributed by atoms with E-state index in [1.54, 1.807) is 12.4 Å². The molecule has 3 saturated heterocycles. The van der Waals surface area contributed by atoms with E-state index in [9.17, 15) is 4.79 Å². The van der Waals surface area contributed by atoms with Gasteiger partial charge in [0.15, 0.2) is 11.5 Å². The molecule has 6 heterocycles. The predicted molar refractivity (Wildman–Crippen MR) is 97.1 cm³/mol. The van der Waals surface area contributed by atoms with Gasteiger partial charge in [0.25, 0.3) is 5.91 Å². The van der Waals surface area contributed by atoms with Crippen LogP contribution in [0.15, 0.2) is 23.8 Å². The minimum atomic E-state index is 0.0623. The molecule has 1 amide bonds. The van der Waals surface area contributed by atoms with Crippen molar-refractivity contribution in [2.24, 2.45) is 5.92 Å². The van der Waals surface area contributed by atoms with Crippen molar-refractivity contribution in [2.75, 3.05) is 37.7 Å². The van der Waals surface area contributed by atoms with E-state index in [2.05, 4.69) is 14.9 Å². The largest absolute Gasteiger partial charge is 0.485 e. The number of amides is 1. The maximum atomic E-state index is 13.3. The molecular formula is C18H20N4O3S. The van der Waals surface area contributed by atoms with Crippen LogP contribution in [0.3, 0.4) is 0 Å². The summed E-state index contributed by atoms with van der Waals surface area (Å²) in [5, 5.41) is 1.88. The molecule has 0 radical (unpaired) electrons. The molecule has 2 aromatic heterocycles. The number of piperidine rings is 1. The third-order valence-electron chi connectivity index (χ3n) is 5.30. The molecule has 8 heteroatoms.